The minimum Gasteiger partial charge on any atom is -0.222 e. The van der Waals surface area contributed by atoms with Crippen LogP contribution < -0.4 is 0 Å². The van der Waals surface area contributed by atoms with Gasteiger partial charge in [0.05, 0.1) is 5.70 Å². The molecule has 10 heavy (non-hydrogen) atoms. The lowest BCUT2D eigenvalue weighted by Crippen LogP contribution is -1.86. The van der Waals surface area contributed by atoms with E-state index < -0.39 is 0 Å². The number of allylic oxidation sites excluding steroid dienone is 3. The van der Waals surface area contributed by atoms with E-state index in [1.165, 1.54) is 11.3 Å². The van der Waals surface area contributed by atoms with Gasteiger partial charge in [0, 0.05) is 26.6 Å². The van der Waals surface area contributed by atoms with Gasteiger partial charge in [-0.15, -0.1) is 0 Å². The van der Waals surface area contributed by atoms with Crippen LogP contribution in [-0.2, 0) is 0 Å². The molecule has 2 aliphatic rings. The first kappa shape index (κ1) is 7.02. The lowest BCUT2D eigenvalue weighted by atomic mass is 10.2. The second-order valence-electron chi connectivity index (χ2n) is 1.84. The van der Waals surface area contributed by atoms with Crippen LogP contribution in [0.4, 0.5) is 0 Å². The SMILES string of the molecule is C1=CC2=C(C=CI=N2)C=I1. The highest BCUT2D eigenvalue weighted by atomic mass is 127. The number of nitrogens with zero attached hydrogens (tertiary/aromatic N) is 1. The van der Waals surface area contributed by atoms with Crippen LogP contribution in [0.3, 0.4) is 0 Å². The van der Waals surface area contributed by atoms with E-state index in [9.17, 15) is 0 Å². The van der Waals surface area contributed by atoms with Gasteiger partial charge in [-0.05, 0) is 24.3 Å². The number of hydrogen-bond donors (Lipinski definition) is 0. The highest BCUT2D eigenvalue weighted by molar-refractivity contribution is 14.2. The Kier molecular flexibility index (Phi) is 2.22. The van der Waals surface area contributed by atoms with Crippen molar-refractivity contribution in [2.75, 3.05) is 0 Å². The molecular formula is C7H5I2N. The van der Waals surface area contributed by atoms with E-state index in [-0.39, 0.29) is 41.8 Å². The molecule has 0 aromatic rings. The first-order valence-electron chi connectivity index (χ1n) is 2.83. The summed E-state index contributed by atoms with van der Waals surface area (Å²) in [6, 6.07) is 0. The fourth-order valence-electron chi connectivity index (χ4n) is 0.728. The molecule has 2 rings (SSSR count). The summed E-state index contributed by atoms with van der Waals surface area (Å²) in [7, 11) is 0. The molecule has 52 valence electrons. The molecule has 0 fully saturated rings. The predicted octanol–water partition coefficient (Wildman–Crippen LogP) is 3.22. The van der Waals surface area contributed by atoms with Crippen LogP contribution in [0.5, 0.6) is 0 Å². The maximum atomic E-state index is 4.45. The topological polar surface area (TPSA) is 12.4 Å². The Bertz CT molecular complexity index is 237. The average molecular weight is 357 g/mol. The molecule has 0 unspecified atom stereocenters. The lowest BCUT2D eigenvalue weighted by Gasteiger charge is -2.04. The van der Waals surface area contributed by atoms with E-state index in [4.69, 9.17) is 0 Å². The molecule has 2 heterocycles. The fourth-order valence-corrected chi connectivity index (χ4v) is 3.85. The van der Waals surface area contributed by atoms with Gasteiger partial charge in [-0.25, -0.2) is 3.15 Å². The van der Waals surface area contributed by atoms with E-state index in [0.717, 1.165) is 0 Å². The maximum absolute atomic E-state index is 4.45. The molecule has 0 aromatic carbocycles. The van der Waals surface area contributed by atoms with Gasteiger partial charge in [0.2, 0.25) is 0 Å². The minimum atomic E-state index is -0.00372. The summed E-state index contributed by atoms with van der Waals surface area (Å²) >= 11 is 0.203. The van der Waals surface area contributed by atoms with Gasteiger partial charge in [0.1, 0.15) is 0 Å². The fraction of sp³-hybridized carbons (Fsp3) is 0. The zero-order valence-corrected chi connectivity index (χ0v) is 9.40. The molecule has 0 atom stereocenters. The molecule has 0 aliphatic carbocycles. The van der Waals surface area contributed by atoms with Gasteiger partial charge in [-0.1, -0.05) is 20.7 Å². The quantitative estimate of drug-likeness (QED) is 0.591. The van der Waals surface area contributed by atoms with Crippen LogP contribution in [-0.4, -0.2) is 4.01 Å². The van der Waals surface area contributed by atoms with Crippen molar-refractivity contribution in [2.45, 2.75) is 0 Å². The molecule has 0 amide bonds. The van der Waals surface area contributed by atoms with Crippen LogP contribution in [0.2, 0.25) is 0 Å². The van der Waals surface area contributed by atoms with Crippen LogP contribution in [0, 0.1) is 0 Å². The van der Waals surface area contributed by atoms with Gasteiger partial charge in [0.15, 0.2) is 0 Å². The third kappa shape index (κ3) is 1.34. The summed E-state index contributed by atoms with van der Waals surface area (Å²) in [5, 5.41) is 0. The Labute approximate surface area is 79.8 Å². The molecule has 0 spiro atoms. The normalized spacial score (nSPS) is 21.6. The van der Waals surface area contributed by atoms with E-state index in [0.29, 0.717) is 0 Å². The first-order valence-corrected chi connectivity index (χ1v) is 7.53. The monoisotopic (exact) mass is 357 g/mol. The van der Waals surface area contributed by atoms with Gasteiger partial charge in [-0.3, -0.25) is 0 Å². The second-order valence-corrected chi connectivity index (χ2v) is 5.66. The Hall–Kier alpha value is 0.350. The average Bonchev–Trinajstić information content (AvgIpc) is 2.05. The zero-order valence-electron chi connectivity index (χ0n) is 5.09. The molecule has 0 saturated heterocycles. The smallest absolute Gasteiger partial charge is 0.0772 e. The standard InChI is InChI=1S/C7H5I2N/c1-4-9-10-7-2-3-8-5-6(1)7/h1-5H. The van der Waals surface area contributed by atoms with Crippen LogP contribution in [0.1, 0.15) is 0 Å². The summed E-state index contributed by atoms with van der Waals surface area (Å²) in [6.07, 6.45) is 4.39. The number of rotatable bonds is 0. The van der Waals surface area contributed by atoms with Gasteiger partial charge in [0.25, 0.3) is 0 Å². The number of halogens is 2. The summed E-state index contributed by atoms with van der Waals surface area (Å²) in [5.41, 5.74) is 2.59. The molecule has 0 N–H and O–H groups in total. The molecule has 3 heteroatoms. The molecule has 0 aromatic heterocycles. The molecule has 0 radical (unpaired) electrons. The number of hydrogen-bond acceptors (Lipinski definition) is 1. The van der Waals surface area contributed by atoms with Crippen molar-refractivity contribution < 1.29 is 0 Å². The van der Waals surface area contributed by atoms with Crippen molar-refractivity contribution in [3.63, 3.8) is 0 Å². The van der Waals surface area contributed by atoms with Gasteiger partial charge >= 0.3 is 0 Å². The lowest BCUT2D eigenvalue weighted by molar-refractivity contribution is 1.46. The van der Waals surface area contributed by atoms with Crippen molar-refractivity contribution in [3.05, 3.63) is 31.6 Å². The summed E-state index contributed by atoms with van der Waals surface area (Å²) in [4.78, 5) is 0. The van der Waals surface area contributed by atoms with Crippen molar-refractivity contribution in [2.24, 2.45) is 3.15 Å². The highest BCUT2D eigenvalue weighted by Gasteiger charge is 2.01. The molecule has 0 bridgehead atoms. The van der Waals surface area contributed by atoms with Crippen molar-refractivity contribution in [1.29, 1.82) is 0 Å². The summed E-state index contributed by atoms with van der Waals surface area (Å²) in [6.45, 7) is 0. The summed E-state index contributed by atoms with van der Waals surface area (Å²) < 4.78 is 11.3. The first-order chi connectivity index (χ1) is 4.97. The van der Waals surface area contributed by atoms with Crippen LogP contribution >= 0.6 is 41.8 Å². The Balaban J connectivity index is 2.55. The Morgan fingerprint density at radius 2 is 2.20 bits per heavy atom. The minimum absolute atomic E-state index is 0.00372. The summed E-state index contributed by atoms with van der Waals surface area (Å²) in [5.74, 6) is 0. The highest BCUT2D eigenvalue weighted by Crippen LogP contribution is 2.26. The maximum Gasteiger partial charge on any atom is 0.0772 e. The molecule has 1 nitrogen and oxygen atoms in total. The molecule has 0 saturated carbocycles. The van der Waals surface area contributed by atoms with E-state index in [2.05, 4.69) is 27.5 Å². The van der Waals surface area contributed by atoms with Crippen molar-refractivity contribution in [1.82, 2.24) is 0 Å². The van der Waals surface area contributed by atoms with E-state index in [1.807, 2.05) is 0 Å². The molecule has 2 aliphatic heterocycles. The van der Waals surface area contributed by atoms with Crippen molar-refractivity contribution in [3.8, 4) is 0 Å². The van der Waals surface area contributed by atoms with Gasteiger partial charge in [-0.2, -0.15) is 0 Å². The zero-order chi connectivity index (χ0) is 6.81. The van der Waals surface area contributed by atoms with Crippen molar-refractivity contribution >= 4 is 45.8 Å². The largest absolute Gasteiger partial charge is 0.222 e. The third-order valence-corrected chi connectivity index (χ3v) is 4.49. The van der Waals surface area contributed by atoms with E-state index >= 15 is 0 Å². The molecular weight excluding hydrogens is 352 g/mol. The van der Waals surface area contributed by atoms with Crippen LogP contribution in [0.15, 0.2) is 34.7 Å². The van der Waals surface area contributed by atoms with Gasteiger partial charge < -0.3 is 0 Å². The van der Waals surface area contributed by atoms with E-state index in [1.54, 1.807) is 0 Å². The predicted molar refractivity (Wildman–Crippen MR) is 61.8 cm³/mol. The second kappa shape index (κ2) is 3.17. The third-order valence-electron chi connectivity index (χ3n) is 1.21. The Morgan fingerprint density at radius 3 is 3.10 bits per heavy atom. The Morgan fingerprint density at radius 1 is 1.20 bits per heavy atom. The van der Waals surface area contributed by atoms with Crippen LogP contribution in [0.25, 0.3) is 0 Å².